The molecule has 1 fully saturated rings. The Bertz CT molecular complexity index is 720. The van der Waals surface area contributed by atoms with Crippen LogP contribution in [0, 0.1) is 24.0 Å². The van der Waals surface area contributed by atoms with Crippen molar-refractivity contribution < 1.29 is 9.45 Å². The second-order valence-corrected chi connectivity index (χ2v) is 6.30. The average molecular weight is 330 g/mol. The van der Waals surface area contributed by atoms with Gasteiger partial charge >= 0.3 is 0 Å². The highest BCUT2D eigenvalue weighted by molar-refractivity contribution is 5.44. The molecule has 7 nitrogen and oxygen atoms in total. The Morgan fingerprint density at radius 2 is 1.83 bits per heavy atom. The number of hydrogen-bond acceptors (Lipinski definition) is 6. The van der Waals surface area contributed by atoms with Crippen LogP contribution in [0.15, 0.2) is 28.8 Å². The predicted molar refractivity (Wildman–Crippen MR) is 89.6 cm³/mol. The standard InChI is InChI=1S/C17H22N4O3/c1-13-10-16(18-24-13)12-20-8-6-19(7-9-20)11-15-4-3-5-17(14(15)2)21(22)23/h3-5,10H,6-9,11-12H2,1-2H3. The van der Waals surface area contributed by atoms with Crippen molar-refractivity contribution in [1.82, 2.24) is 15.0 Å². The van der Waals surface area contributed by atoms with Gasteiger partial charge in [0.05, 0.1) is 10.6 Å². The summed E-state index contributed by atoms with van der Waals surface area (Å²) >= 11 is 0. The molecule has 2 heterocycles. The average Bonchev–Trinajstić information content (AvgIpc) is 2.96. The first-order valence-electron chi connectivity index (χ1n) is 8.12. The summed E-state index contributed by atoms with van der Waals surface area (Å²) in [6.07, 6.45) is 0. The van der Waals surface area contributed by atoms with Gasteiger partial charge in [-0.2, -0.15) is 0 Å². The fourth-order valence-corrected chi connectivity index (χ4v) is 3.11. The quantitative estimate of drug-likeness (QED) is 0.619. The lowest BCUT2D eigenvalue weighted by Gasteiger charge is -2.34. The van der Waals surface area contributed by atoms with E-state index in [4.69, 9.17) is 4.52 Å². The van der Waals surface area contributed by atoms with Crippen LogP contribution in [0.1, 0.15) is 22.6 Å². The van der Waals surface area contributed by atoms with E-state index in [1.807, 2.05) is 26.0 Å². The molecule has 1 saturated heterocycles. The molecule has 0 atom stereocenters. The SMILES string of the molecule is Cc1cc(CN2CCN(Cc3cccc([N+](=O)[O-])c3C)CC2)no1. The molecule has 2 aromatic rings. The zero-order valence-corrected chi connectivity index (χ0v) is 14.1. The Kier molecular flexibility index (Phi) is 4.92. The summed E-state index contributed by atoms with van der Waals surface area (Å²) in [5, 5.41) is 15.1. The van der Waals surface area contributed by atoms with Gasteiger partial charge in [0.25, 0.3) is 5.69 Å². The molecule has 1 aliphatic heterocycles. The van der Waals surface area contributed by atoms with Crippen molar-refractivity contribution in [3.8, 4) is 0 Å². The Morgan fingerprint density at radius 3 is 2.42 bits per heavy atom. The molecule has 1 aliphatic rings. The van der Waals surface area contributed by atoms with Gasteiger partial charge in [0, 0.05) is 57.0 Å². The lowest BCUT2D eigenvalue weighted by atomic mass is 10.1. The van der Waals surface area contributed by atoms with Crippen molar-refractivity contribution in [2.75, 3.05) is 26.2 Å². The zero-order valence-electron chi connectivity index (χ0n) is 14.1. The minimum atomic E-state index is -0.309. The summed E-state index contributed by atoms with van der Waals surface area (Å²) in [6, 6.07) is 7.28. The molecule has 0 aliphatic carbocycles. The number of aromatic nitrogens is 1. The fourth-order valence-electron chi connectivity index (χ4n) is 3.11. The molecule has 0 saturated carbocycles. The van der Waals surface area contributed by atoms with Gasteiger partial charge < -0.3 is 4.52 Å². The highest BCUT2D eigenvalue weighted by Gasteiger charge is 2.20. The van der Waals surface area contributed by atoms with Crippen LogP contribution in [0.4, 0.5) is 5.69 Å². The zero-order chi connectivity index (χ0) is 17.1. The van der Waals surface area contributed by atoms with Crippen molar-refractivity contribution in [1.29, 1.82) is 0 Å². The van der Waals surface area contributed by atoms with Crippen molar-refractivity contribution in [3.05, 3.63) is 57.0 Å². The molecule has 0 spiro atoms. The fraction of sp³-hybridized carbons (Fsp3) is 0.471. The second kappa shape index (κ2) is 7.11. The molecule has 0 amide bonds. The van der Waals surface area contributed by atoms with Crippen LogP contribution in [0.5, 0.6) is 0 Å². The summed E-state index contributed by atoms with van der Waals surface area (Å²) in [4.78, 5) is 15.4. The minimum absolute atomic E-state index is 0.201. The van der Waals surface area contributed by atoms with E-state index < -0.39 is 0 Å². The van der Waals surface area contributed by atoms with Gasteiger partial charge in [-0.3, -0.25) is 19.9 Å². The van der Waals surface area contributed by atoms with Gasteiger partial charge in [0.2, 0.25) is 0 Å². The smallest absolute Gasteiger partial charge is 0.272 e. The van der Waals surface area contributed by atoms with Crippen molar-refractivity contribution in [3.63, 3.8) is 0 Å². The van der Waals surface area contributed by atoms with Crippen LogP contribution < -0.4 is 0 Å². The topological polar surface area (TPSA) is 75.7 Å². The summed E-state index contributed by atoms with van der Waals surface area (Å²) in [5.41, 5.74) is 2.97. The maximum atomic E-state index is 11.1. The number of benzene rings is 1. The van der Waals surface area contributed by atoms with Gasteiger partial charge in [-0.15, -0.1) is 0 Å². The van der Waals surface area contributed by atoms with E-state index in [-0.39, 0.29) is 10.6 Å². The first-order valence-corrected chi connectivity index (χ1v) is 8.12. The lowest BCUT2D eigenvalue weighted by molar-refractivity contribution is -0.385. The highest BCUT2D eigenvalue weighted by Crippen LogP contribution is 2.22. The molecule has 3 rings (SSSR count). The van der Waals surface area contributed by atoms with Crippen LogP contribution in [-0.4, -0.2) is 46.1 Å². The summed E-state index contributed by atoms with van der Waals surface area (Å²) in [5.74, 6) is 0.838. The van der Waals surface area contributed by atoms with Crippen LogP contribution >= 0.6 is 0 Å². The Hall–Kier alpha value is -2.25. The summed E-state index contributed by atoms with van der Waals surface area (Å²) in [6.45, 7) is 9.09. The second-order valence-electron chi connectivity index (χ2n) is 6.30. The normalized spacial score (nSPS) is 16.4. The molecule has 7 heteroatoms. The van der Waals surface area contributed by atoms with E-state index in [2.05, 4.69) is 15.0 Å². The Morgan fingerprint density at radius 1 is 1.17 bits per heavy atom. The number of piperazine rings is 1. The monoisotopic (exact) mass is 330 g/mol. The van der Waals surface area contributed by atoms with E-state index in [1.165, 1.54) is 0 Å². The molecule has 128 valence electrons. The molecule has 24 heavy (non-hydrogen) atoms. The molecule has 0 N–H and O–H groups in total. The third kappa shape index (κ3) is 3.80. The van der Waals surface area contributed by atoms with Gasteiger partial charge in [-0.05, 0) is 19.4 Å². The number of nitro groups is 1. The van der Waals surface area contributed by atoms with Gasteiger partial charge in [-0.25, -0.2) is 0 Å². The van der Waals surface area contributed by atoms with Crippen molar-refractivity contribution in [2.45, 2.75) is 26.9 Å². The molecule has 0 unspecified atom stereocenters. The number of hydrogen-bond donors (Lipinski definition) is 0. The maximum Gasteiger partial charge on any atom is 0.272 e. The predicted octanol–water partition coefficient (Wildman–Crippen LogP) is 2.52. The largest absolute Gasteiger partial charge is 0.361 e. The van der Waals surface area contributed by atoms with E-state index >= 15 is 0 Å². The van der Waals surface area contributed by atoms with Crippen LogP contribution in [0.2, 0.25) is 0 Å². The first kappa shape index (κ1) is 16.6. The number of aryl methyl sites for hydroxylation is 1. The molecule has 1 aromatic heterocycles. The molecular formula is C17H22N4O3. The number of nitro benzene ring substituents is 1. The van der Waals surface area contributed by atoms with Gasteiger partial charge in [-0.1, -0.05) is 17.3 Å². The first-order chi connectivity index (χ1) is 11.5. The molecule has 0 radical (unpaired) electrons. The minimum Gasteiger partial charge on any atom is -0.361 e. The van der Waals surface area contributed by atoms with Crippen LogP contribution in [0.25, 0.3) is 0 Å². The highest BCUT2D eigenvalue weighted by atomic mass is 16.6. The van der Waals surface area contributed by atoms with Crippen molar-refractivity contribution in [2.24, 2.45) is 0 Å². The Balaban J connectivity index is 1.56. The van der Waals surface area contributed by atoms with E-state index in [1.54, 1.807) is 12.1 Å². The lowest BCUT2D eigenvalue weighted by Crippen LogP contribution is -2.45. The van der Waals surface area contributed by atoms with Crippen LogP contribution in [-0.2, 0) is 13.1 Å². The summed E-state index contributed by atoms with van der Waals surface area (Å²) < 4.78 is 5.11. The van der Waals surface area contributed by atoms with E-state index in [9.17, 15) is 10.1 Å². The summed E-state index contributed by atoms with van der Waals surface area (Å²) in [7, 11) is 0. The third-order valence-corrected chi connectivity index (χ3v) is 4.54. The number of nitrogens with zero attached hydrogens (tertiary/aromatic N) is 4. The maximum absolute atomic E-state index is 11.1. The van der Waals surface area contributed by atoms with E-state index in [0.29, 0.717) is 0 Å². The van der Waals surface area contributed by atoms with Gasteiger partial charge in [0.1, 0.15) is 5.76 Å². The molecule has 1 aromatic carbocycles. The van der Waals surface area contributed by atoms with Gasteiger partial charge in [0.15, 0.2) is 0 Å². The van der Waals surface area contributed by atoms with Crippen molar-refractivity contribution >= 4 is 5.69 Å². The molecule has 0 bridgehead atoms. The Labute approximate surface area is 141 Å². The number of rotatable bonds is 5. The van der Waals surface area contributed by atoms with Crippen LogP contribution in [0.3, 0.4) is 0 Å². The third-order valence-electron chi connectivity index (χ3n) is 4.54. The van der Waals surface area contributed by atoms with E-state index in [0.717, 1.165) is 61.8 Å². The molecular weight excluding hydrogens is 308 g/mol.